The third-order valence-corrected chi connectivity index (χ3v) is 1.19. The molecule has 0 aromatic carbocycles. The minimum atomic E-state index is -0.728. The molecule has 70 valence electrons. The molecule has 0 aromatic rings. The van der Waals surface area contributed by atoms with Crippen LogP contribution in [0.3, 0.4) is 0 Å². The van der Waals surface area contributed by atoms with Gasteiger partial charge in [-0.25, -0.2) is 15.1 Å². The Morgan fingerprint density at radius 2 is 2.33 bits per heavy atom. The molecule has 0 aromatic heterocycles. The number of nitrogens with one attached hydrogen (secondary N) is 1. The van der Waals surface area contributed by atoms with Crippen molar-refractivity contribution in [3.63, 3.8) is 0 Å². The van der Waals surface area contributed by atoms with Crippen molar-refractivity contribution in [3.05, 3.63) is 10.1 Å². The lowest BCUT2D eigenvalue weighted by atomic mass is 10.1. The van der Waals surface area contributed by atoms with Gasteiger partial charge in [-0.3, -0.25) is 0 Å². The van der Waals surface area contributed by atoms with Crippen LogP contribution in [0.5, 0.6) is 0 Å². The van der Waals surface area contributed by atoms with Gasteiger partial charge in [-0.1, -0.05) is 19.3 Å². The molecule has 0 bridgehead atoms. The molecule has 0 aliphatic carbocycles. The van der Waals surface area contributed by atoms with E-state index >= 15 is 0 Å². The van der Waals surface area contributed by atoms with Gasteiger partial charge in [-0.05, 0) is 12.3 Å². The van der Waals surface area contributed by atoms with Crippen molar-refractivity contribution in [1.29, 1.82) is 0 Å². The zero-order chi connectivity index (χ0) is 9.56. The summed E-state index contributed by atoms with van der Waals surface area (Å²) in [7, 11) is 0. The number of hydrogen-bond acceptors (Lipinski definition) is 3. The normalized spacial score (nSPS) is 11.8. The van der Waals surface area contributed by atoms with Crippen molar-refractivity contribution >= 4 is 5.96 Å². The lowest BCUT2D eigenvalue weighted by Gasteiger charge is -2.00. The number of nitrogens with two attached hydrogens (primary N) is 1. The van der Waals surface area contributed by atoms with Crippen molar-refractivity contribution in [3.8, 4) is 0 Å². The molecule has 0 radical (unpaired) electrons. The molecule has 6 heteroatoms. The van der Waals surface area contributed by atoms with Crippen LogP contribution in [-0.4, -0.2) is 17.5 Å². The SMILES string of the molecule is CC(C)CCN=C(N)N[N+](=O)[O-]. The fraction of sp³-hybridized carbons (Fsp3) is 0.833. The van der Waals surface area contributed by atoms with Gasteiger partial charge >= 0.3 is 0 Å². The fourth-order valence-corrected chi connectivity index (χ4v) is 0.572. The summed E-state index contributed by atoms with van der Waals surface area (Å²) in [5, 5.41) is 9.11. The predicted molar refractivity (Wildman–Crippen MR) is 46.1 cm³/mol. The van der Waals surface area contributed by atoms with Crippen LogP contribution < -0.4 is 11.2 Å². The molecule has 0 aliphatic heterocycles. The first-order valence-corrected chi connectivity index (χ1v) is 3.73. The summed E-state index contributed by atoms with van der Waals surface area (Å²) in [6.07, 6.45) is 0.875. The third-order valence-electron chi connectivity index (χ3n) is 1.19. The number of guanidine groups is 1. The van der Waals surface area contributed by atoms with E-state index in [0.717, 1.165) is 6.42 Å². The van der Waals surface area contributed by atoms with E-state index in [0.29, 0.717) is 12.5 Å². The molecule has 12 heavy (non-hydrogen) atoms. The highest BCUT2D eigenvalue weighted by Gasteiger charge is 1.98. The van der Waals surface area contributed by atoms with E-state index in [1.54, 1.807) is 5.43 Å². The molecular weight excluding hydrogens is 160 g/mol. The van der Waals surface area contributed by atoms with E-state index in [1.807, 2.05) is 13.8 Å². The van der Waals surface area contributed by atoms with Gasteiger partial charge in [-0.15, -0.1) is 0 Å². The average Bonchev–Trinajstić information content (AvgIpc) is 1.84. The summed E-state index contributed by atoms with van der Waals surface area (Å²) in [4.78, 5) is 13.6. The van der Waals surface area contributed by atoms with Gasteiger partial charge < -0.3 is 5.73 Å². The molecule has 0 fully saturated rings. The number of nitro groups is 1. The highest BCUT2D eigenvalue weighted by atomic mass is 16.7. The van der Waals surface area contributed by atoms with Crippen molar-refractivity contribution in [2.75, 3.05) is 6.54 Å². The number of aliphatic imine (C=N–C) groups is 1. The zero-order valence-electron chi connectivity index (χ0n) is 7.28. The quantitative estimate of drug-likeness (QED) is 0.274. The summed E-state index contributed by atoms with van der Waals surface area (Å²) in [5.74, 6) is 0.387. The molecule has 0 rings (SSSR count). The molecule has 0 unspecified atom stereocenters. The minimum absolute atomic E-state index is 0.138. The van der Waals surface area contributed by atoms with E-state index < -0.39 is 5.03 Å². The first-order valence-electron chi connectivity index (χ1n) is 3.73. The van der Waals surface area contributed by atoms with E-state index in [9.17, 15) is 10.1 Å². The highest BCUT2D eigenvalue weighted by molar-refractivity contribution is 5.76. The largest absolute Gasteiger partial charge is 0.365 e. The van der Waals surface area contributed by atoms with Crippen LogP contribution >= 0.6 is 0 Å². The Morgan fingerprint density at radius 3 is 2.75 bits per heavy atom. The highest BCUT2D eigenvalue weighted by Crippen LogP contribution is 1.97. The van der Waals surface area contributed by atoms with Crippen LogP contribution in [0.15, 0.2) is 4.99 Å². The zero-order valence-corrected chi connectivity index (χ0v) is 7.28. The van der Waals surface area contributed by atoms with Gasteiger partial charge in [-0.2, -0.15) is 0 Å². The molecule has 0 atom stereocenters. The van der Waals surface area contributed by atoms with Crippen LogP contribution in [0.4, 0.5) is 0 Å². The van der Waals surface area contributed by atoms with Gasteiger partial charge in [0.05, 0.1) is 0 Å². The summed E-state index contributed by atoms with van der Waals surface area (Å²) in [6.45, 7) is 4.61. The molecule has 0 heterocycles. The molecule has 3 N–H and O–H groups in total. The van der Waals surface area contributed by atoms with E-state index in [1.165, 1.54) is 0 Å². The van der Waals surface area contributed by atoms with Gasteiger partial charge in [0, 0.05) is 6.54 Å². The second-order valence-electron chi connectivity index (χ2n) is 2.82. The summed E-state index contributed by atoms with van der Waals surface area (Å²) < 4.78 is 0. The smallest absolute Gasteiger partial charge is 0.251 e. The van der Waals surface area contributed by atoms with E-state index in [2.05, 4.69) is 4.99 Å². The second kappa shape index (κ2) is 5.34. The first kappa shape index (κ1) is 10.7. The van der Waals surface area contributed by atoms with Gasteiger partial charge in [0.2, 0.25) is 0 Å². The summed E-state index contributed by atoms with van der Waals surface area (Å²) >= 11 is 0. The van der Waals surface area contributed by atoms with Crippen molar-refractivity contribution in [1.82, 2.24) is 5.43 Å². The monoisotopic (exact) mass is 174 g/mol. The fourth-order valence-electron chi connectivity index (χ4n) is 0.572. The van der Waals surface area contributed by atoms with Crippen LogP contribution in [0, 0.1) is 16.0 Å². The standard InChI is InChI=1S/C6H14N4O2/c1-5(2)3-4-8-6(7)9-10(11)12/h5H,3-4H2,1-2H3,(H3,7,8,9). The van der Waals surface area contributed by atoms with Crippen LogP contribution in [0.2, 0.25) is 0 Å². The molecular formula is C6H14N4O2. The molecule has 6 nitrogen and oxygen atoms in total. The lowest BCUT2D eigenvalue weighted by Crippen LogP contribution is -2.36. The first-order chi connectivity index (χ1) is 5.52. The molecule has 0 amide bonds. The molecule has 0 saturated carbocycles. The number of nitrogens with zero attached hydrogens (tertiary/aromatic N) is 2. The molecule has 0 saturated heterocycles. The maximum Gasteiger partial charge on any atom is 0.251 e. The topological polar surface area (TPSA) is 93.5 Å². The van der Waals surface area contributed by atoms with Crippen molar-refractivity contribution in [2.45, 2.75) is 20.3 Å². The Balaban J connectivity index is 3.62. The number of hydrogen-bond donors (Lipinski definition) is 2. The van der Waals surface area contributed by atoms with Crippen LogP contribution in [0.1, 0.15) is 20.3 Å². The van der Waals surface area contributed by atoms with Crippen molar-refractivity contribution in [2.24, 2.45) is 16.6 Å². The Labute approximate surface area is 71.0 Å². The summed E-state index contributed by atoms with van der Waals surface area (Å²) in [6, 6.07) is 0. The second-order valence-corrected chi connectivity index (χ2v) is 2.82. The van der Waals surface area contributed by atoms with Gasteiger partial charge in [0.1, 0.15) is 0 Å². The Kier molecular flexibility index (Phi) is 4.75. The lowest BCUT2D eigenvalue weighted by molar-refractivity contribution is -0.525. The van der Waals surface area contributed by atoms with E-state index in [4.69, 9.17) is 5.73 Å². The van der Waals surface area contributed by atoms with Gasteiger partial charge in [0.15, 0.2) is 5.03 Å². The third kappa shape index (κ3) is 6.79. The Bertz CT molecular complexity index is 178. The van der Waals surface area contributed by atoms with Gasteiger partial charge in [0.25, 0.3) is 5.96 Å². The maximum atomic E-state index is 9.84. The average molecular weight is 174 g/mol. The van der Waals surface area contributed by atoms with Crippen molar-refractivity contribution < 1.29 is 5.03 Å². The molecule has 0 aliphatic rings. The maximum absolute atomic E-state index is 9.84. The van der Waals surface area contributed by atoms with E-state index in [-0.39, 0.29) is 5.96 Å². The summed E-state index contributed by atoms with van der Waals surface area (Å²) in [5.41, 5.74) is 6.92. The van der Waals surface area contributed by atoms with Crippen LogP contribution in [-0.2, 0) is 0 Å². The number of rotatable bonds is 4. The molecule has 0 spiro atoms. The van der Waals surface area contributed by atoms with Crippen LogP contribution in [0.25, 0.3) is 0 Å². The Morgan fingerprint density at radius 1 is 1.75 bits per heavy atom. The Hall–Kier alpha value is -1.33. The minimum Gasteiger partial charge on any atom is -0.365 e. The number of hydrazine groups is 1. The predicted octanol–water partition coefficient (Wildman–Crippen LogP) is 0.129.